The van der Waals surface area contributed by atoms with E-state index in [1.54, 1.807) is 35.8 Å². The van der Waals surface area contributed by atoms with Crippen LogP contribution in [0.4, 0.5) is 0 Å². The van der Waals surface area contributed by atoms with Crippen LogP contribution < -0.4 is 5.32 Å². The van der Waals surface area contributed by atoms with Crippen LogP contribution >= 0.6 is 0 Å². The number of amides is 2. The third-order valence-corrected chi connectivity index (χ3v) is 6.37. The fourth-order valence-corrected chi connectivity index (χ4v) is 4.88. The molecule has 2 amide bonds. The average molecular weight is 394 g/mol. The van der Waals surface area contributed by atoms with Gasteiger partial charge in [0.25, 0.3) is 11.8 Å². The van der Waals surface area contributed by atoms with E-state index in [0.29, 0.717) is 25.1 Å². The third kappa shape index (κ3) is 3.96. The van der Waals surface area contributed by atoms with E-state index in [0.717, 1.165) is 0 Å². The summed E-state index contributed by atoms with van der Waals surface area (Å²) >= 11 is 0. The highest BCUT2D eigenvalue weighted by atomic mass is 32.2. The van der Waals surface area contributed by atoms with E-state index < -0.39 is 27.7 Å². The Hall–Kier alpha value is -2.46. The van der Waals surface area contributed by atoms with E-state index in [9.17, 15) is 18.0 Å². The summed E-state index contributed by atoms with van der Waals surface area (Å²) in [7, 11) is -0.0154. The van der Waals surface area contributed by atoms with E-state index in [-0.39, 0.29) is 23.0 Å². The highest BCUT2D eigenvalue weighted by molar-refractivity contribution is 7.91. The Kier molecular flexibility index (Phi) is 5.47. The fourth-order valence-electron chi connectivity index (χ4n) is 3.11. The minimum absolute atomic E-state index is 0.0527. The van der Waals surface area contributed by atoms with Gasteiger partial charge in [0.15, 0.2) is 15.5 Å². The van der Waals surface area contributed by atoms with Crippen molar-refractivity contribution in [3.8, 4) is 0 Å². The summed E-state index contributed by atoms with van der Waals surface area (Å²) in [5, 5.41) is 2.70. The first kappa shape index (κ1) is 19.3. The van der Waals surface area contributed by atoms with Gasteiger partial charge in [0.2, 0.25) is 5.82 Å². The van der Waals surface area contributed by atoms with Crippen molar-refractivity contribution in [2.75, 3.05) is 38.8 Å². The zero-order chi connectivity index (χ0) is 19.6. The lowest BCUT2D eigenvalue weighted by Crippen LogP contribution is -2.38. The summed E-state index contributed by atoms with van der Waals surface area (Å²) in [6, 6.07) is 4.80. The maximum atomic E-state index is 12.9. The number of carbonyl (C=O) groups excluding carboxylic acids is 2. The summed E-state index contributed by atoms with van der Waals surface area (Å²) in [6.45, 7) is 0.687. The molecule has 27 heavy (non-hydrogen) atoms. The number of imidazole rings is 1. The van der Waals surface area contributed by atoms with Crippen LogP contribution in [0, 0.1) is 0 Å². The molecule has 2 aromatic heterocycles. The lowest BCUT2D eigenvalue weighted by molar-refractivity contribution is 0.0734. The Morgan fingerprint density at radius 3 is 2.85 bits per heavy atom. The van der Waals surface area contributed by atoms with Crippen LogP contribution in [0.3, 0.4) is 0 Å². The molecule has 0 aromatic carbocycles. The normalized spacial score (nSPS) is 18.5. The monoisotopic (exact) mass is 394 g/mol. The Morgan fingerprint density at radius 2 is 2.19 bits per heavy atom. The minimum atomic E-state index is -3.12. The van der Waals surface area contributed by atoms with E-state index in [1.165, 1.54) is 12.0 Å². The van der Waals surface area contributed by atoms with Crippen LogP contribution in [-0.2, 0) is 14.6 Å². The van der Waals surface area contributed by atoms with Crippen molar-refractivity contribution < 1.29 is 22.7 Å². The van der Waals surface area contributed by atoms with E-state index in [1.807, 2.05) is 0 Å². The zero-order valence-corrected chi connectivity index (χ0v) is 16.0. The molecule has 1 atom stereocenters. The number of pyridine rings is 1. The van der Waals surface area contributed by atoms with Gasteiger partial charge in [-0.1, -0.05) is 6.07 Å². The van der Waals surface area contributed by atoms with Gasteiger partial charge in [-0.25, -0.2) is 13.4 Å². The number of rotatable bonds is 6. The standard InChI is InChI=1S/C17H22N4O5S/c1-20(12-6-10-27(24,25)11-12)17(23)15-19-14(16(22)18-7-9-26-2)13-5-3-4-8-21(13)15/h3-5,8,12H,6-7,9-11H2,1-2H3,(H,18,22). The number of ether oxygens (including phenoxy) is 1. The molecule has 2 aromatic rings. The molecule has 146 valence electrons. The lowest BCUT2D eigenvalue weighted by Gasteiger charge is -2.22. The molecule has 0 aliphatic carbocycles. The van der Waals surface area contributed by atoms with Gasteiger partial charge in [-0.2, -0.15) is 0 Å². The van der Waals surface area contributed by atoms with Gasteiger partial charge in [-0.3, -0.25) is 14.0 Å². The van der Waals surface area contributed by atoms with Gasteiger partial charge >= 0.3 is 0 Å². The maximum absolute atomic E-state index is 12.9. The van der Waals surface area contributed by atoms with Gasteiger partial charge in [0, 0.05) is 32.9 Å². The molecule has 1 N–H and O–H groups in total. The summed E-state index contributed by atoms with van der Waals surface area (Å²) in [5.41, 5.74) is 0.644. The highest BCUT2D eigenvalue weighted by Crippen LogP contribution is 2.20. The second-order valence-corrected chi connectivity index (χ2v) is 8.69. The van der Waals surface area contributed by atoms with Gasteiger partial charge in [-0.05, 0) is 18.6 Å². The zero-order valence-electron chi connectivity index (χ0n) is 15.2. The van der Waals surface area contributed by atoms with Gasteiger partial charge in [0.05, 0.1) is 23.6 Å². The van der Waals surface area contributed by atoms with E-state index in [2.05, 4.69) is 10.3 Å². The van der Waals surface area contributed by atoms with Crippen molar-refractivity contribution >= 4 is 27.2 Å². The summed E-state index contributed by atoms with van der Waals surface area (Å²) in [4.78, 5) is 31.1. The Balaban J connectivity index is 1.90. The molecular formula is C17H22N4O5S. The topological polar surface area (TPSA) is 110 Å². The molecule has 0 radical (unpaired) electrons. The first-order valence-electron chi connectivity index (χ1n) is 8.56. The second-order valence-electron chi connectivity index (χ2n) is 6.46. The highest BCUT2D eigenvalue weighted by Gasteiger charge is 2.34. The smallest absolute Gasteiger partial charge is 0.290 e. The number of nitrogens with zero attached hydrogens (tertiary/aromatic N) is 3. The van der Waals surface area contributed by atoms with Crippen LogP contribution in [0.25, 0.3) is 5.52 Å². The molecule has 3 heterocycles. The van der Waals surface area contributed by atoms with Gasteiger partial charge < -0.3 is 15.0 Å². The van der Waals surface area contributed by atoms with E-state index >= 15 is 0 Å². The van der Waals surface area contributed by atoms with Crippen molar-refractivity contribution in [3.05, 3.63) is 35.9 Å². The fraction of sp³-hybridized carbons (Fsp3) is 0.471. The van der Waals surface area contributed by atoms with Crippen molar-refractivity contribution in [1.82, 2.24) is 19.6 Å². The SMILES string of the molecule is COCCNC(=O)c1nc(C(=O)N(C)C2CCS(=O)(=O)C2)n2ccccc12. The number of hydrogen-bond acceptors (Lipinski definition) is 6. The molecule has 1 saturated heterocycles. The van der Waals surface area contributed by atoms with E-state index in [4.69, 9.17) is 4.74 Å². The van der Waals surface area contributed by atoms with Crippen LogP contribution in [0.2, 0.25) is 0 Å². The number of methoxy groups -OCH3 is 1. The number of nitrogens with one attached hydrogen (secondary N) is 1. The third-order valence-electron chi connectivity index (χ3n) is 4.62. The van der Waals surface area contributed by atoms with Crippen LogP contribution in [0.15, 0.2) is 24.4 Å². The van der Waals surface area contributed by atoms with Crippen molar-refractivity contribution in [1.29, 1.82) is 0 Å². The molecule has 1 unspecified atom stereocenters. The molecule has 0 saturated carbocycles. The quantitative estimate of drug-likeness (QED) is 0.689. The minimum Gasteiger partial charge on any atom is -0.383 e. The van der Waals surface area contributed by atoms with Crippen molar-refractivity contribution in [3.63, 3.8) is 0 Å². The molecular weight excluding hydrogens is 372 g/mol. The Morgan fingerprint density at radius 1 is 1.41 bits per heavy atom. The maximum Gasteiger partial charge on any atom is 0.290 e. The molecule has 1 fully saturated rings. The first-order chi connectivity index (χ1) is 12.8. The predicted molar refractivity (Wildman–Crippen MR) is 98.6 cm³/mol. The molecule has 10 heteroatoms. The number of hydrogen-bond donors (Lipinski definition) is 1. The summed E-state index contributed by atoms with van der Waals surface area (Å²) < 4.78 is 29.9. The second kappa shape index (κ2) is 7.65. The molecule has 0 bridgehead atoms. The van der Waals surface area contributed by atoms with Crippen LogP contribution in [0.5, 0.6) is 0 Å². The molecule has 3 rings (SSSR count). The van der Waals surface area contributed by atoms with Gasteiger partial charge in [0.1, 0.15) is 0 Å². The van der Waals surface area contributed by atoms with Crippen LogP contribution in [0.1, 0.15) is 27.5 Å². The largest absolute Gasteiger partial charge is 0.383 e. The van der Waals surface area contributed by atoms with Crippen molar-refractivity contribution in [2.45, 2.75) is 12.5 Å². The first-order valence-corrected chi connectivity index (χ1v) is 10.4. The number of aromatic nitrogens is 2. The van der Waals surface area contributed by atoms with Crippen LogP contribution in [-0.4, -0.2) is 79.4 Å². The Labute approximate surface area is 157 Å². The van der Waals surface area contributed by atoms with Gasteiger partial charge in [-0.15, -0.1) is 0 Å². The number of fused-ring (bicyclic) bond motifs is 1. The number of carbonyl (C=O) groups is 2. The summed E-state index contributed by atoms with van der Waals surface area (Å²) in [5.74, 6) is -0.724. The predicted octanol–water partition coefficient (Wildman–Crippen LogP) is -0.0304. The van der Waals surface area contributed by atoms with Crippen molar-refractivity contribution in [2.24, 2.45) is 0 Å². The summed E-state index contributed by atoms with van der Waals surface area (Å²) in [6.07, 6.45) is 2.05. The number of sulfone groups is 1. The molecule has 0 spiro atoms. The molecule has 1 aliphatic rings. The lowest BCUT2D eigenvalue weighted by atomic mass is 10.2. The molecule has 1 aliphatic heterocycles. The molecule has 9 nitrogen and oxygen atoms in total. The average Bonchev–Trinajstić information content (AvgIpc) is 3.21. The Bertz CT molecular complexity index is 969.